The minimum Gasteiger partial charge on any atom is -0.445 e. The van der Waals surface area contributed by atoms with Crippen LogP contribution in [0.4, 0.5) is 9.59 Å². The van der Waals surface area contributed by atoms with Gasteiger partial charge < -0.3 is 20.1 Å². The van der Waals surface area contributed by atoms with Gasteiger partial charge in [0.1, 0.15) is 12.2 Å². The first-order valence-electron chi connectivity index (χ1n) is 9.65. The van der Waals surface area contributed by atoms with Crippen molar-refractivity contribution in [1.82, 2.24) is 16.1 Å². The van der Waals surface area contributed by atoms with Crippen molar-refractivity contribution in [2.45, 2.75) is 64.3 Å². The summed E-state index contributed by atoms with van der Waals surface area (Å²) in [5.41, 5.74) is 2.35. The SMILES string of the molecule is CC(C)(C)OC(=O)N[C@@H]1C[C@@H](C(=O)NN)CC[C@@H]1NC(=O)OCc1ccccc1. The van der Waals surface area contributed by atoms with Crippen molar-refractivity contribution in [3.63, 3.8) is 0 Å². The molecule has 1 saturated carbocycles. The fourth-order valence-electron chi connectivity index (χ4n) is 3.23. The van der Waals surface area contributed by atoms with Gasteiger partial charge in [0.15, 0.2) is 0 Å². The summed E-state index contributed by atoms with van der Waals surface area (Å²) in [4.78, 5) is 36.4. The molecular formula is C20H30N4O5. The molecule has 0 spiro atoms. The summed E-state index contributed by atoms with van der Waals surface area (Å²) in [5.74, 6) is 4.58. The molecular weight excluding hydrogens is 376 g/mol. The number of nitrogens with one attached hydrogen (secondary N) is 3. The number of rotatable bonds is 5. The number of carbonyl (C=O) groups is 3. The van der Waals surface area contributed by atoms with Gasteiger partial charge in [0, 0.05) is 5.92 Å². The van der Waals surface area contributed by atoms with Gasteiger partial charge in [-0.1, -0.05) is 30.3 Å². The Morgan fingerprint density at radius 1 is 1.03 bits per heavy atom. The van der Waals surface area contributed by atoms with Crippen LogP contribution in [0, 0.1) is 5.92 Å². The van der Waals surface area contributed by atoms with Crippen LogP contribution in [0.2, 0.25) is 0 Å². The summed E-state index contributed by atoms with van der Waals surface area (Å²) in [6.45, 7) is 5.42. The van der Waals surface area contributed by atoms with Gasteiger partial charge in [-0.2, -0.15) is 0 Å². The number of alkyl carbamates (subject to hydrolysis) is 2. The Morgan fingerprint density at radius 2 is 1.69 bits per heavy atom. The number of carbonyl (C=O) groups excluding carboxylic acids is 3. The fraction of sp³-hybridized carbons (Fsp3) is 0.550. The van der Waals surface area contributed by atoms with E-state index >= 15 is 0 Å². The van der Waals surface area contributed by atoms with Crippen molar-refractivity contribution in [2.24, 2.45) is 11.8 Å². The normalized spacial score (nSPS) is 21.6. The second kappa shape index (κ2) is 10.1. The number of amides is 3. The Hall–Kier alpha value is -2.81. The summed E-state index contributed by atoms with van der Waals surface area (Å²) >= 11 is 0. The predicted molar refractivity (Wildman–Crippen MR) is 106 cm³/mol. The van der Waals surface area contributed by atoms with Gasteiger partial charge in [-0.15, -0.1) is 0 Å². The molecule has 3 amide bonds. The van der Waals surface area contributed by atoms with Gasteiger partial charge in [0.2, 0.25) is 5.91 Å². The molecule has 160 valence electrons. The summed E-state index contributed by atoms with van der Waals surface area (Å²) in [6, 6.07) is 8.43. The van der Waals surface area contributed by atoms with Crippen molar-refractivity contribution in [3.8, 4) is 0 Å². The van der Waals surface area contributed by atoms with E-state index in [4.69, 9.17) is 15.3 Å². The fourth-order valence-corrected chi connectivity index (χ4v) is 3.23. The maximum Gasteiger partial charge on any atom is 0.407 e. The van der Waals surface area contributed by atoms with Gasteiger partial charge in [-0.3, -0.25) is 10.2 Å². The van der Waals surface area contributed by atoms with Crippen LogP contribution in [-0.2, 0) is 20.9 Å². The average molecular weight is 406 g/mol. The third-order valence-corrected chi connectivity index (χ3v) is 4.58. The van der Waals surface area contributed by atoms with Crippen molar-refractivity contribution in [1.29, 1.82) is 0 Å². The van der Waals surface area contributed by atoms with Gasteiger partial charge in [-0.25, -0.2) is 15.4 Å². The van der Waals surface area contributed by atoms with E-state index in [-0.39, 0.29) is 18.4 Å². The van der Waals surface area contributed by atoms with E-state index in [1.165, 1.54) is 0 Å². The van der Waals surface area contributed by atoms with Crippen molar-refractivity contribution in [2.75, 3.05) is 0 Å². The standard InChI is InChI=1S/C20H30N4O5/c1-20(2,3)29-19(27)23-16-11-14(17(25)24-21)9-10-15(16)22-18(26)28-12-13-7-5-4-6-8-13/h4-8,14-16H,9-12,21H2,1-3H3,(H,22,26)(H,23,27)(H,24,25)/t14-,15-,16+/m0/s1. The van der Waals surface area contributed by atoms with Crippen LogP contribution in [0.25, 0.3) is 0 Å². The van der Waals surface area contributed by atoms with Crippen LogP contribution in [-0.4, -0.2) is 35.8 Å². The third kappa shape index (κ3) is 7.61. The van der Waals surface area contributed by atoms with E-state index in [0.29, 0.717) is 19.3 Å². The number of benzene rings is 1. The van der Waals surface area contributed by atoms with Gasteiger partial charge in [-0.05, 0) is 45.6 Å². The van der Waals surface area contributed by atoms with E-state index in [1.54, 1.807) is 20.8 Å². The highest BCUT2D eigenvalue weighted by atomic mass is 16.6. The Balaban J connectivity index is 1.97. The molecule has 0 heterocycles. The molecule has 3 atom stereocenters. The van der Waals surface area contributed by atoms with Gasteiger partial charge in [0.05, 0.1) is 12.1 Å². The molecule has 5 N–H and O–H groups in total. The van der Waals surface area contributed by atoms with Crippen LogP contribution in [0.3, 0.4) is 0 Å². The maximum atomic E-state index is 12.2. The van der Waals surface area contributed by atoms with E-state index in [1.807, 2.05) is 30.3 Å². The van der Waals surface area contributed by atoms with Crippen LogP contribution in [0.15, 0.2) is 30.3 Å². The molecule has 9 heteroatoms. The first-order valence-corrected chi connectivity index (χ1v) is 9.65. The van der Waals surface area contributed by atoms with Gasteiger partial charge >= 0.3 is 12.2 Å². The molecule has 0 bridgehead atoms. The Kier molecular flexibility index (Phi) is 7.83. The smallest absolute Gasteiger partial charge is 0.407 e. The lowest BCUT2D eigenvalue weighted by molar-refractivity contribution is -0.126. The largest absolute Gasteiger partial charge is 0.445 e. The van der Waals surface area contributed by atoms with Crippen molar-refractivity contribution >= 4 is 18.1 Å². The maximum absolute atomic E-state index is 12.2. The topological polar surface area (TPSA) is 132 Å². The lowest BCUT2D eigenvalue weighted by Crippen LogP contribution is -2.56. The van der Waals surface area contributed by atoms with Gasteiger partial charge in [0.25, 0.3) is 0 Å². The van der Waals surface area contributed by atoms with E-state index in [9.17, 15) is 14.4 Å². The molecule has 1 fully saturated rings. The first kappa shape index (κ1) is 22.5. The Morgan fingerprint density at radius 3 is 2.31 bits per heavy atom. The summed E-state index contributed by atoms with van der Waals surface area (Å²) in [5, 5.41) is 5.55. The lowest BCUT2D eigenvalue weighted by Gasteiger charge is -2.36. The molecule has 2 rings (SSSR count). The van der Waals surface area contributed by atoms with Crippen LogP contribution >= 0.6 is 0 Å². The summed E-state index contributed by atoms with van der Waals surface area (Å²) in [7, 11) is 0. The zero-order valence-electron chi connectivity index (χ0n) is 17.1. The molecule has 1 aliphatic rings. The van der Waals surface area contributed by atoms with Crippen LogP contribution in [0.5, 0.6) is 0 Å². The average Bonchev–Trinajstić information content (AvgIpc) is 2.66. The molecule has 1 aliphatic carbocycles. The number of nitrogens with two attached hydrogens (primary N) is 1. The van der Waals surface area contributed by atoms with E-state index < -0.39 is 29.9 Å². The Labute approximate surface area is 170 Å². The Bertz CT molecular complexity index is 705. The lowest BCUT2D eigenvalue weighted by atomic mass is 9.82. The molecule has 0 saturated heterocycles. The number of hydrogen-bond donors (Lipinski definition) is 4. The zero-order valence-corrected chi connectivity index (χ0v) is 17.1. The van der Waals surface area contributed by atoms with E-state index in [2.05, 4.69) is 16.1 Å². The number of hydrogen-bond acceptors (Lipinski definition) is 6. The molecule has 0 unspecified atom stereocenters. The molecule has 1 aromatic carbocycles. The van der Waals surface area contributed by atoms with Crippen molar-refractivity contribution < 1.29 is 23.9 Å². The molecule has 0 aromatic heterocycles. The highest BCUT2D eigenvalue weighted by molar-refractivity contribution is 5.78. The molecule has 0 aliphatic heterocycles. The minimum absolute atomic E-state index is 0.141. The molecule has 9 nitrogen and oxygen atoms in total. The molecule has 29 heavy (non-hydrogen) atoms. The second-order valence-corrected chi connectivity index (χ2v) is 8.08. The monoisotopic (exact) mass is 406 g/mol. The predicted octanol–water partition coefficient (Wildman–Crippen LogP) is 1.96. The number of hydrazine groups is 1. The second-order valence-electron chi connectivity index (χ2n) is 8.08. The van der Waals surface area contributed by atoms with E-state index in [0.717, 1.165) is 5.56 Å². The highest BCUT2D eigenvalue weighted by Gasteiger charge is 2.36. The summed E-state index contributed by atoms with van der Waals surface area (Å²) in [6.07, 6.45) is 0.140. The van der Waals surface area contributed by atoms with Crippen LogP contribution in [0.1, 0.15) is 45.6 Å². The summed E-state index contributed by atoms with van der Waals surface area (Å²) < 4.78 is 10.6. The van der Waals surface area contributed by atoms with Crippen molar-refractivity contribution in [3.05, 3.63) is 35.9 Å². The molecule has 1 aromatic rings. The number of ether oxygens (including phenoxy) is 2. The zero-order chi connectivity index (χ0) is 21.4. The minimum atomic E-state index is -0.662. The molecule has 0 radical (unpaired) electrons. The first-order chi connectivity index (χ1) is 13.7. The third-order valence-electron chi connectivity index (χ3n) is 4.58. The van der Waals surface area contributed by atoms with Crippen LogP contribution < -0.4 is 21.9 Å². The quantitative estimate of drug-likeness (QED) is 0.336. The highest BCUT2D eigenvalue weighted by Crippen LogP contribution is 2.25.